The van der Waals surface area contributed by atoms with Crippen molar-refractivity contribution in [1.29, 1.82) is 0 Å². The lowest BCUT2D eigenvalue weighted by molar-refractivity contribution is 0.103. The van der Waals surface area contributed by atoms with E-state index in [9.17, 15) is 4.79 Å². The number of hydrogen-bond donors (Lipinski definition) is 0. The number of nitrogens with zero attached hydrogens (tertiary/aromatic N) is 1. The van der Waals surface area contributed by atoms with E-state index < -0.39 is 0 Å². The highest BCUT2D eigenvalue weighted by molar-refractivity contribution is 6.09. The van der Waals surface area contributed by atoms with Crippen LogP contribution in [0.1, 0.15) is 38.2 Å². The van der Waals surface area contributed by atoms with Crippen molar-refractivity contribution in [3.8, 4) is 0 Å². The van der Waals surface area contributed by atoms with Crippen LogP contribution in [-0.2, 0) is 19.3 Å². The summed E-state index contributed by atoms with van der Waals surface area (Å²) in [6.45, 7) is 0. The van der Waals surface area contributed by atoms with Crippen LogP contribution in [0, 0.1) is 0 Å². The van der Waals surface area contributed by atoms with E-state index in [0.717, 1.165) is 47.5 Å². The molecule has 1 aliphatic carbocycles. The Hall–Kier alpha value is -4.43. The molecule has 2 nitrogen and oxygen atoms in total. The lowest BCUT2D eigenvalue weighted by Crippen LogP contribution is -2.10. The third kappa shape index (κ3) is 4.34. The number of rotatable bonds is 5. The van der Waals surface area contributed by atoms with Crippen LogP contribution in [0.15, 0.2) is 127 Å². The Bertz CT molecular complexity index is 1470. The Morgan fingerprint density at radius 1 is 0.472 bits per heavy atom. The third-order valence-electron chi connectivity index (χ3n) is 7.03. The zero-order valence-electron chi connectivity index (χ0n) is 20.1. The van der Waals surface area contributed by atoms with Gasteiger partial charge in [0.15, 0.2) is 5.78 Å². The first-order chi connectivity index (χ1) is 17.8. The zero-order valence-corrected chi connectivity index (χ0v) is 20.1. The first-order valence-electron chi connectivity index (χ1n) is 12.5. The molecule has 174 valence electrons. The summed E-state index contributed by atoms with van der Waals surface area (Å²) >= 11 is 0. The van der Waals surface area contributed by atoms with Crippen LogP contribution in [0.3, 0.4) is 0 Å². The normalized spacial score (nSPS) is 12.2. The van der Waals surface area contributed by atoms with Gasteiger partial charge >= 0.3 is 0 Å². The number of aryl methyl sites for hydroxylation is 2. The lowest BCUT2D eigenvalue weighted by Gasteiger charge is -2.26. The van der Waals surface area contributed by atoms with Gasteiger partial charge in [0.25, 0.3) is 0 Å². The largest absolute Gasteiger partial charge is 0.310 e. The average molecular weight is 466 g/mol. The van der Waals surface area contributed by atoms with E-state index in [1.165, 1.54) is 22.3 Å². The summed E-state index contributed by atoms with van der Waals surface area (Å²) in [6, 6.07) is 43.7. The van der Waals surface area contributed by atoms with Crippen LogP contribution in [-0.4, -0.2) is 5.78 Å². The van der Waals surface area contributed by atoms with Crippen LogP contribution in [0.4, 0.5) is 17.1 Å². The quantitative estimate of drug-likeness (QED) is 0.245. The Kier molecular flexibility index (Phi) is 5.93. The van der Waals surface area contributed by atoms with E-state index in [0.29, 0.717) is 0 Å². The van der Waals surface area contributed by atoms with E-state index in [2.05, 4.69) is 95.9 Å². The summed E-state index contributed by atoms with van der Waals surface area (Å²) in [5, 5.41) is 0. The van der Waals surface area contributed by atoms with Gasteiger partial charge in [-0.05, 0) is 84.0 Å². The Morgan fingerprint density at radius 3 is 1.72 bits per heavy atom. The van der Waals surface area contributed by atoms with Gasteiger partial charge in [-0.15, -0.1) is 0 Å². The van der Waals surface area contributed by atoms with Crippen molar-refractivity contribution in [2.45, 2.75) is 19.3 Å². The highest BCUT2D eigenvalue weighted by atomic mass is 16.1. The van der Waals surface area contributed by atoms with Crippen LogP contribution >= 0.6 is 0 Å². The molecule has 0 unspecified atom stereocenters. The molecule has 5 aromatic rings. The summed E-state index contributed by atoms with van der Waals surface area (Å²) in [6.07, 6.45) is 2.79. The average Bonchev–Trinajstić information content (AvgIpc) is 3.13. The number of benzene rings is 5. The van der Waals surface area contributed by atoms with E-state index in [4.69, 9.17) is 0 Å². The van der Waals surface area contributed by atoms with Crippen molar-refractivity contribution < 1.29 is 4.79 Å². The van der Waals surface area contributed by atoms with Gasteiger partial charge in [0.2, 0.25) is 0 Å². The molecule has 0 aliphatic heterocycles. The van der Waals surface area contributed by atoms with Crippen molar-refractivity contribution >= 4 is 22.8 Å². The van der Waals surface area contributed by atoms with Crippen LogP contribution < -0.4 is 4.90 Å². The van der Waals surface area contributed by atoms with Crippen LogP contribution in [0.25, 0.3) is 0 Å². The molecule has 2 heteroatoms. The molecule has 0 bridgehead atoms. The summed E-state index contributed by atoms with van der Waals surface area (Å²) < 4.78 is 0. The standard InChI is InChI=1S/C34H27NO/c36-34(26-10-4-1-5-11-26)29-19-18-28-23-30-24-33(21-20-25(30)16-17-27(28)22-29)35(31-12-6-2-7-13-31)32-14-8-3-9-15-32/h1-15,18-22,24H,16-17,23H2. The van der Waals surface area contributed by atoms with E-state index in [-0.39, 0.29) is 5.78 Å². The van der Waals surface area contributed by atoms with Gasteiger partial charge < -0.3 is 4.90 Å². The molecule has 0 saturated heterocycles. The molecule has 0 radical (unpaired) electrons. The molecule has 0 heterocycles. The topological polar surface area (TPSA) is 20.3 Å². The molecule has 0 amide bonds. The Morgan fingerprint density at radius 2 is 1.06 bits per heavy atom. The Balaban J connectivity index is 1.35. The SMILES string of the molecule is O=C(c1ccccc1)c1ccc2c(c1)CCc1ccc(N(c3ccccc3)c3ccccc3)cc1C2. The fraction of sp³-hybridized carbons (Fsp3) is 0.0882. The highest BCUT2D eigenvalue weighted by Gasteiger charge is 2.19. The molecule has 1 aliphatic rings. The second kappa shape index (κ2) is 9.67. The second-order valence-corrected chi connectivity index (χ2v) is 9.31. The molecule has 0 atom stereocenters. The first-order valence-corrected chi connectivity index (χ1v) is 12.5. The molecule has 0 aromatic heterocycles. The number of anilines is 3. The Labute approximate surface area is 212 Å². The van der Waals surface area contributed by atoms with Gasteiger partial charge in [-0.3, -0.25) is 4.79 Å². The summed E-state index contributed by atoms with van der Waals surface area (Å²) in [4.78, 5) is 15.3. The van der Waals surface area contributed by atoms with Gasteiger partial charge in [-0.2, -0.15) is 0 Å². The zero-order chi connectivity index (χ0) is 24.3. The molecule has 6 rings (SSSR count). The highest BCUT2D eigenvalue weighted by Crippen LogP contribution is 2.36. The smallest absolute Gasteiger partial charge is 0.193 e. The number of hydrogen-bond acceptors (Lipinski definition) is 2. The number of ketones is 1. The first kappa shape index (κ1) is 22.1. The van der Waals surface area contributed by atoms with Gasteiger partial charge in [-0.1, -0.05) is 84.9 Å². The van der Waals surface area contributed by atoms with Crippen molar-refractivity contribution in [2.24, 2.45) is 0 Å². The maximum atomic E-state index is 13.0. The predicted molar refractivity (Wildman–Crippen MR) is 148 cm³/mol. The number of fused-ring (bicyclic) bond motifs is 2. The summed E-state index contributed by atoms with van der Waals surface area (Å²) in [7, 11) is 0. The van der Waals surface area contributed by atoms with Gasteiger partial charge in [0.05, 0.1) is 0 Å². The molecule has 0 N–H and O–H groups in total. The van der Waals surface area contributed by atoms with E-state index in [1.807, 2.05) is 36.4 Å². The minimum absolute atomic E-state index is 0.0869. The van der Waals surface area contributed by atoms with Gasteiger partial charge in [0.1, 0.15) is 0 Å². The molecule has 0 saturated carbocycles. The molecular formula is C34H27NO. The van der Waals surface area contributed by atoms with E-state index in [1.54, 1.807) is 0 Å². The monoisotopic (exact) mass is 465 g/mol. The minimum atomic E-state index is 0.0869. The van der Waals surface area contributed by atoms with Crippen LogP contribution in [0.2, 0.25) is 0 Å². The lowest BCUT2D eigenvalue weighted by atomic mass is 9.95. The van der Waals surface area contributed by atoms with Gasteiger partial charge in [-0.25, -0.2) is 0 Å². The van der Waals surface area contributed by atoms with Gasteiger partial charge in [0, 0.05) is 28.2 Å². The number of carbonyl (C=O) groups is 1. The third-order valence-corrected chi connectivity index (χ3v) is 7.03. The second-order valence-electron chi connectivity index (χ2n) is 9.31. The predicted octanol–water partition coefficient (Wildman–Crippen LogP) is 8.08. The fourth-order valence-electron chi connectivity index (χ4n) is 5.16. The minimum Gasteiger partial charge on any atom is -0.310 e. The fourth-order valence-corrected chi connectivity index (χ4v) is 5.16. The number of carbonyl (C=O) groups excluding carboxylic acids is 1. The van der Waals surface area contributed by atoms with Crippen molar-refractivity contribution in [3.63, 3.8) is 0 Å². The molecule has 36 heavy (non-hydrogen) atoms. The molecule has 0 fully saturated rings. The van der Waals surface area contributed by atoms with E-state index >= 15 is 0 Å². The van der Waals surface area contributed by atoms with Crippen molar-refractivity contribution in [2.75, 3.05) is 4.90 Å². The molecule has 0 spiro atoms. The van der Waals surface area contributed by atoms with Crippen molar-refractivity contribution in [3.05, 3.63) is 161 Å². The maximum absolute atomic E-state index is 13.0. The van der Waals surface area contributed by atoms with Crippen molar-refractivity contribution in [1.82, 2.24) is 0 Å². The van der Waals surface area contributed by atoms with Crippen LogP contribution in [0.5, 0.6) is 0 Å². The summed E-state index contributed by atoms with van der Waals surface area (Å²) in [5.41, 5.74) is 10.3. The molecule has 5 aromatic carbocycles. The maximum Gasteiger partial charge on any atom is 0.193 e. The number of para-hydroxylation sites is 2. The summed E-state index contributed by atoms with van der Waals surface area (Å²) in [5.74, 6) is 0.0869. The molecular weight excluding hydrogens is 438 g/mol.